The summed E-state index contributed by atoms with van der Waals surface area (Å²) in [5.41, 5.74) is 1.50. The predicted octanol–water partition coefficient (Wildman–Crippen LogP) is 3.99. The monoisotopic (exact) mass is 386 g/mol. The van der Waals surface area contributed by atoms with Crippen molar-refractivity contribution in [2.75, 3.05) is 11.9 Å². The summed E-state index contributed by atoms with van der Waals surface area (Å²) in [5.74, 6) is 0. The molecule has 2 aromatic carbocycles. The standard InChI is InChI=1S/C21H26N2O5/c1-21(2,3)28-20(26)22-17-11-9-16(10-12-17)18(13-24)23-19(25)27-14-15-7-5-4-6-8-15/h4-12,18,24H,13-14H2,1-3H3,(H,22,26)(H,23,25)/t18-/m1/s1. The number of aliphatic hydroxyl groups is 1. The van der Waals surface area contributed by atoms with E-state index in [1.54, 1.807) is 45.0 Å². The third-order valence-corrected chi connectivity index (χ3v) is 3.65. The van der Waals surface area contributed by atoms with E-state index in [2.05, 4.69) is 10.6 Å². The first-order valence-electron chi connectivity index (χ1n) is 8.95. The van der Waals surface area contributed by atoms with Gasteiger partial charge in [0, 0.05) is 5.69 Å². The number of amides is 2. The maximum Gasteiger partial charge on any atom is 0.412 e. The minimum atomic E-state index is -0.626. The number of nitrogens with one attached hydrogen (secondary N) is 2. The molecule has 150 valence electrons. The fraction of sp³-hybridized carbons (Fsp3) is 0.333. The summed E-state index contributed by atoms with van der Waals surface area (Å²) in [7, 11) is 0. The molecule has 0 aliphatic heterocycles. The van der Waals surface area contributed by atoms with Crippen LogP contribution in [0.2, 0.25) is 0 Å². The molecule has 0 aromatic heterocycles. The van der Waals surface area contributed by atoms with Crippen LogP contribution in [0.3, 0.4) is 0 Å². The number of hydrogen-bond donors (Lipinski definition) is 3. The van der Waals surface area contributed by atoms with Crippen molar-refractivity contribution in [3.8, 4) is 0 Å². The van der Waals surface area contributed by atoms with Gasteiger partial charge in [-0.2, -0.15) is 0 Å². The van der Waals surface area contributed by atoms with Gasteiger partial charge in [-0.1, -0.05) is 42.5 Å². The van der Waals surface area contributed by atoms with Crippen LogP contribution in [0.5, 0.6) is 0 Å². The van der Waals surface area contributed by atoms with Crippen LogP contribution in [0.25, 0.3) is 0 Å². The van der Waals surface area contributed by atoms with Crippen LogP contribution in [0, 0.1) is 0 Å². The Balaban J connectivity index is 1.89. The largest absolute Gasteiger partial charge is 0.445 e. The normalized spacial score (nSPS) is 12.0. The third kappa shape index (κ3) is 7.28. The highest BCUT2D eigenvalue weighted by molar-refractivity contribution is 5.84. The Morgan fingerprint density at radius 2 is 1.64 bits per heavy atom. The molecule has 0 saturated carbocycles. The van der Waals surface area contributed by atoms with Crippen molar-refractivity contribution in [1.29, 1.82) is 0 Å². The van der Waals surface area contributed by atoms with E-state index >= 15 is 0 Å². The predicted molar refractivity (Wildman–Crippen MR) is 106 cm³/mol. The van der Waals surface area contributed by atoms with E-state index in [1.165, 1.54) is 0 Å². The lowest BCUT2D eigenvalue weighted by molar-refractivity contribution is 0.0636. The molecule has 0 saturated heterocycles. The smallest absolute Gasteiger partial charge is 0.412 e. The van der Waals surface area contributed by atoms with E-state index in [9.17, 15) is 14.7 Å². The van der Waals surface area contributed by atoms with Crippen LogP contribution >= 0.6 is 0 Å². The first kappa shape index (κ1) is 21.2. The van der Waals surface area contributed by atoms with Crippen molar-refractivity contribution < 1.29 is 24.2 Å². The molecule has 3 N–H and O–H groups in total. The molecule has 0 aliphatic carbocycles. The molecule has 0 heterocycles. The van der Waals surface area contributed by atoms with Crippen molar-refractivity contribution in [1.82, 2.24) is 5.32 Å². The zero-order valence-corrected chi connectivity index (χ0v) is 16.3. The molecular weight excluding hydrogens is 360 g/mol. The van der Waals surface area contributed by atoms with Gasteiger partial charge >= 0.3 is 12.2 Å². The van der Waals surface area contributed by atoms with Gasteiger partial charge in [-0.05, 0) is 44.0 Å². The van der Waals surface area contributed by atoms with E-state index in [4.69, 9.17) is 9.47 Å². The number of anilines is 1. The number of alkyl carbamates (subject to hydrolysis) is 1. The van der Waals surface area contributed by atoms with Crippen LogP contribution in [-0.4, -0.2) is 29.5 Å². The number of carbonyl (C=O) groups excluding carboxylic acids is 2. The highest BCUT2D eigenvalue weighted by Crippen LogP contribution is 2.18. The van der Waals surface area contributed by atoms with Crippen molar-refractivity contribution in [3.05, 3.63) is 65.7 Å². The first-order chi connectivity index (χ1) is 13.3. The second-order valence-electron chi connectivity index (χ2n) is 7.19. The van der Waals surface area contributed by atoms with E-state index < -0.39 is 23.8 Å². The van der Waals surface area contributed by atoms with Gasteiger partial charge in [0.2, 0.25) is 0 Å². The maximum absolute atomic E-state index is 12.0. The molecule has 0 radical (unpaired) electrons. The Labute approximate surface area is 164 Å². The van der Waals surface area contributed by atoms with Gasteiger partial charge in [-0.3, -0.25) is 5.32 Å². The van der Waals surface area contributed by atoms with Crippen molar-refractivity contribution >= 4 is 17.9 Å². The zero-order valence-electron chi connectivity index (χ0n) is 16.3. The summed E-state index contributed by atoms with van der Waals surface area (Å²) in [6.45, 7) is 5.20. The Morgan fingerprint density at radius 1 is 1.00 bits per heavy atom. The highest BCUT2D eigenvalue weighted by atomic mass is 16.6. The molecular formula is C21H26N2O5. The summed E-state index contributed by atoms with van der Waals surface area (Å²) in [6, 6.07) is 15.4. The number of benzene rings is 2. The van der Waals surface area contributed by atoms with Gasteiger partial charge in [-0.15, -0.1) is 0 Å². The molecule has 2 amide bonds. The lowest BCUT2D eigenvalue weighted by Gasteiger charge is -2.20. The fourth-order valence-corrected chi connectivity index (χ4v) is 2.36. The summed E-state index contributed by atoms with van der Waals surface area (Å²) >= 11 is 0. The van der Waals surface area contributed by atoms with E-state index in [0.29, 0.717) is 11.3 Å². The molecule has 0 unspecified atom stereocenters. The number of aliphatic hydroxyl groups excluding tert-OH is 1. The van der Waals surface area contributed by atoms with Crippen molar-refractivity contribution in [2.24, 2.45) is 0 Å². The summed E-state index contributed by atoms with van der Waals surface area (Å²) in [6.07, 6.45) is -1.18. The Kier molecular flexibility index (Phi) is 7.40. The van der Waals surface area contributed by atoms with E-state index in [-0.39, 0.29) is 13.2 Å². The second-order valence-corrected chi connectivity index (χ2v) is 7.19. The average molecular weight is 386 g/mol. The molecule has 0 spiro atoms. The minimum absolute atomic E-state index is 0.142. The van der Waals surface area contributed by atoms with Crippen LogP contribution in [0.15, 0.2) is 54.6 Å². The Bertz CT molecular complexity index is 770. The maximum atomic E-state index is 12.0. The Hall–Kier alpha value is -3.06. The van der Waals surface area contributed by atoms with Crippen LogP contribution in [-0.2, 0) is 16.1 Å². The summed E-state index contributed by atoms with van der Waals surface area (Å²) < 4.78 is 10.4. The van der Waals surface area contributed by atoms with Crippen LogP contribution in [0.1, 0.15) is 37.9 Å². The molecule has 28 heavy (non-hydrogen) atoms. The zero-order chi connectivity index (χ0) is 20.6. The number of rotatable bonds is 6. The molecule has 7 heteroatoms. The molecule has 1 atom stereocenters. The van der Waals surface area contributed by atoms with Crippen molar-refractivity contribution in [2.45, 2.75) is 39.0 Å². The second kappa shape index (κ2) is 9.75. The van der Waals surface area contributed by atoms with Gasteiger partial charge in [0.25, 0.3) is 0 Å². The number of ether oxygens (including phenoxy) is 2. The van der Waals surface area contributed by atoms with Crippen LogP contribution < -0.4 is 10.6 Å². The number of hydrogen-bond acceptors (Lipinski definition) is 5. The fourth-order valence-electron chi connectivity index (χ4n) is 2.36. The van der Waals surface area contributed by atoms with Crippen molar-refractivity contribution in [3.63, 3.8) is 0 Å². The van der Waals surface area contributed by atoms with Gasteiger partial charge in [0.15, 0.2) is 0 Å². The van der Waals surface area contributed by atoms with E-state index in [1.807, 2.05) is 30.3 Å². The van der Waals surface area contributed by atoms with E-state index in [0.717, 1.165) is 5.56 Å². The lowest BCUT2D eigenvalue weighted by Crippen LogP contribution is -2.31. The average Bonchev–Trinajstić information content (AvgIpc) is 2.64. The Morgan fingerprint density at radius 3 is 2.21 bits per heavy atom. The molecule has 0 bridgehead atoms. The number of carbonyl (C=O) groups is 2. The molecule has 0 aliphatic rings. The van der Waals surface area contributed by atoms with Gasteiger partial charge in [0.1, 0.15) is 12.2 Å². The van der Waals surface area contributed by atoms with Gasteiger partial charge in [0.05, 0.1) is 12.6 Å². The SMILES string of the molecule is CC(C)(C)OC(=O)Nc1ccc([C@@H](CO)NC(=O)OCc2ccccc2)cc1. The summed E-state index contributed by atoms with van der Waals surface area (Å²) in [5, 5.41) is 14.8. The molecule has 7 nitrogen and oxygen atoms in total. The molecule has 0 fully saturated rings. The highest BCUT2D eigenvalue weighted by Gasteiger charge is 2.17. The third-order valence-electron chi connectivity index (χ3n) is 3.65. The molecule has 2 rings (SSSR count). The lowest BCUT2D eigenvalue weighted by atomic mass is 10.1. The minimum Gasteiger partial charge on any atom is -0.445 e. The molecule has 2 aromatic rings. The topological polar surface area (TPSA) is 96.9 Å². The van der Waals surface area contributed by atoms with Gasteiger partial charge in [-0.25, -0.2) is 9.59 Å². The van der Waals surface area contributed by atoms with Gasteiger partial charge < -0.3 is 19.9 Å². The summed E-state index contributed by atoms with van der Waals surface area (Å²) in [4.78, 5) is 23.8. The quantitative estimate of drug-likeness (QED) is 0.697. The van der Waals surface area contributed by atoms with Crippen LogP contribution in [0.4, 0.5) is 15.3 Å². The first-order valence-corrected chi connectivity index (χ1v) is 8.95.